The molecule has 1 heterocycles. The lowest BCUT2D eigenvalue weighted by Crippen LogP contribution is -2.10. The Morgan fingerprint density at radius 2 is 0.794 bits per heavy atom. The number of nitrogens with zero attached hydrogens (tertiary/aromatic N) is 2. The van der Waals surface area contributed by atoms with Crippen LogP contribution in [0.2, 0.25) is 0 Å². The molecule has 0 fully saturated rings. The van der Waals surface area contributed by atoms with Gasteiger partial charge in [0.05, 0.1) is 11.0 Å². The predicted octanol–water partition coefficient (Wildman–Crippen LogP) is 18.4. The molecule has 0 N–H and O–H groups in total. The van der Waals surface area contributed by atoms with E-state index in [1.54, 1.807) is 0 Å². The summed E-state index contributed by atoms with van der Waals surface area (Å²) in [6.07, 6.45) is 0. The fraction of sp³-hybridized carbons (Fsp3) is 0. The fourth-order valence-electron chi connectivity index (χ4n) is 10.7. The van der Waals surface area contributed by atoms with Crippen molar-refractivity contribution in [2.24, 2.45) is 0 Å². The molecule has 0 amide bonds. The lowest BCUT2D eigenvalue weighted by Gasteiger charge is -2.27. The minimum absolute atomic E-state index is 1.08. The number of aromatic nitrogens is 1. The van der Waals surface area contributed by atoms with Gasteiger partial charge in [0, 0.05) is 39.1 Å². The van der Waals surface area contributed by atoms with E-state index < -0.39 is 0 Å². The van der Waals surface area contributed by atoms with E-state index in [-0.39, 0.29) is 0 Å². The molecule has 13 aromatic rings. The first-order chi connectivity index (χ1) is 33.7. The second-order valence-corrected chi connectivity index (χ2v) is 17.6. The van der Waals surface area contributed by atoms with Crippen LogP contribution in [0.5, 0.6) is 0 Å². The minimum atomic E-state index is 1.08. The van der Waals surface area contributed by atoms with Crippen molar-refractivity contribution in [3.63, 3.8) is 0 Å². The second kappa shape index (κ2) is 16.5. The largest absolute Gasteiger partial charge is 0.310 e. The summed E-state index contributed by atoms with van der Waals surface area (Å²) in [5.74, 6) is 0. The molecule has 0 radical (unpaired) electrons. The van der Waals surface area contributed by atoms with E-state index in [1.807, 2.05) is 0 Å². The molecule has 12 aromatic carbocycles. The van der Waals surface area contributed by atoms with Crippen molar-refractivity contribution in [2.75, 3.05) is 4.90 Å². The Morgan fingerprint density at radius 3 is 1.56 bits per heavy atom. The van der Waals surface area contributed by atoms with E-state index in [9.17, 15) is 0 Å². The molecule has 2 heteroatoms. The number of hydrogen-bond donors (Lipinski definition) is 0. The molecule has 2 nitrogen and oxygen atoms in total. The molecular weight excluding hydrogens is 821 g/mol. The second-order valence-electron chi connectivity index (χ2n) is 17.6. The average molecular weight is 865 g/mol. The zero-order valence-electron chi connectivity index (χ0n) is 37.3. The third-order valence-corrected chi connectivity index (χ3v) is 13.7. The van der Waals surface area contributed by atoms with Crippen molar-refractivity contribution in [2.45, 2.75) is 0 Å². The minimum Gasteiger partial charge on any atom is -0.310 e. The summed E-state index contributed by atoms with van der Waals surface area (Å²) in [5.41, 5.74) is 16.4. The van der Waals surface area contributed by atoms with Crippen molar-refractivity contribution < 1.29 is 0 Å². The number of benzene rings is 12. The van der Waals surface area contributed by atoms with Gasteiger partial charge in [-0.25, -0.2) is 0 Å². The van der Waals surface area contributed by atoms with E-state index in [4.69, 9.17) is 0 Å². The Morgan fingerprint density at radius 1 is 0.265 bits per heavy atom. The Bertz CT molecular complexity index is 4000. The molecule has 0 bridgehead atoms. The molecule has 0 saturated carbocycles. The van der Waals surface area contributed by atoms with E-state index in [0.717, 1.165) is 28.3 Å². The van der Waals surface area contributed by atoms with Crippen molar-refractivity contribution in [3.05, 3.63) is 267 Å². The van der Waals surface area contributed by atoms with E-state index in [0.29, 0.717) is 0 Å². The summed E-state index contributed by atoms with van der Waals surface area (Å²) in [5, 5.41) is 9.91. The first kappa shape index (κ1) is 39.4. The number of rotatable bonds is 8. The van der Waals surface area contributed by atoms with Crippen LogP contribution >= 0.6 is 0 Å². The predicted molar refractivity (Wildman–Crippen MR) is 290 cm³/mol. The summed E-state index contributed by atoms with van der Waals surface area (Å²) in [6.45, 7) is 0. The molecule has 0 aliphatic heterocycles. The molecule has 0 aliphatic carbocycles. The first-order valence-electron chi connectivity index (χ1n) is 23.4. The number of anilines is 3. The lowest BCUT2D eigenvalue weighted by atomic mass is 9.84. The molecule has 0 aliphatic rings. The first-order valence-corrected chi connectivity index (χ1v) is 23.4. The Labute approximate surface area is 395 Å². The van der Waals surface area contributed by atoms with Crippen LogP contribution in [0.1, 0.15) is 0 Å². The zero-order valence-corrected chi connectivity index (χ0v) is 37.3. The van der Waals surface area contributed by atoms with Crippen LogP contribution in [0.3, 0.4) is 0 Å². The average Bonchev–Trinajstić information content (AvgIpc) is 3.76. The number of fused-ring (bicyclic) bond motifs is 7. The van der Waals surface area contributed by atoms with Crippen LogP contribution in [-0.4, -0.2) is 4.57 Å². The molecule has 13 rings (SSSR count). The molecule has 0 unspecified atom stereocenters. The van der Waals surface area contributed by atoms with Crippen molar-refractivity contribution >= 4 is 71.2 Å². The highest BCUT2D eigenvalue weighted by Gasteiger charge is 2.21. The van der Waals surface area contributed by atoms with Gasteiger partial charge in [0.2, 0.25) is 0 Å². The standard InChI is InChI=1S/C66H44N2/c1-4-19-47(20-5-1)64-60-30-13-12-28-57(60)58-41-37-51(44-62(58)65(64)48-21-6-2-7-22-48)50-24-16-27-54(43-50)67(55-40-34-45-18-10-11-23-49(45)42-55)53-38-35-46(36-39-53)56-31-17-32-61-59-29-14-15-33-63(59)68(66(56)61)52-25-8-3-9-26-52/h1-44H. The van der Waals surface area contributed by atoms with Gasteiger partial charge in [-0.2, -0.15) is 0 Å². The maximum absolute atomic E-state index is 2.42. The van der Waals surface area contributed by atoms with Gasteiger partial charge in [-0.05, 0) is 132 Å². The Balaban J connectivity index is 0.975. The number of para-hydroxylation sites is 3. The van der Waals surface area contributed by atoms with Gasteiger partial charge in [-0.3, -0.25) is 0 Å². The Hall–Kier alpha value is -8.98. The highest BCUT2D eigenvalue weighted by molar-refractivity contribution is 6.22. The quantitative estimate of drug-likeness (QED) is 0.138. The molecule has 0 saturated heterocycles. The van der Waals surface area contributed by atoms with Crippen molar-refractivity contribution in [1.29, 1.82) is 0 Å². The highest BCUT2D eigenvalue weighted by atomic mass is 15.1. The monoisotopic (exact) mass is 864 g/mol. The van der Waals surface area contributed by atoms with Crippen LogP contribution in [0.25, 0.3) is 104 Å². The maximum Gasteiger partial charge on any atom is 0.0619 e. The summed E-state index contributed by atoms with van der Waals surface area (Å²) < 4.78 is 2.42. The zero-order chi connectivity index (χ0) is 45.0. The van der Waals surface area contributed by atoms with Gasteiger partial charge < -0.3 is 9.47 Å². The van der Waals surface area contributed by atoms with Gasteiger partial charge in [0.25, 0.3) is 0 Å². The third-order valence-electron chi connectivity index (χ3n) is 13.7. The topological polar surface area (TPSA) is 8.17 Å². The van der Waals surface area contributed by atoms with Gasteiger partial charge >= 0.3 is 0 Å². The van der Waals surface area contributed by atoms with Gasteiger partial charge in [-0.15, -0.1) is 0 Å². The highest BCUT2D eigenvalue weighted by Crippen LogP contribution is 2.47. The van der Waals surface area contributed by atoms with Crippen molar-refractivity contribution in [1.82, 2.24) is 4.57 Å². The van der Waals surface area contributed by atoms with Crippen LogP contribution < -0.4 is 4.90 Å². The summed E-state index contributed by atoms with van der Waals surface area (Å²) >= 11 is 0. The normalized spacial score (nSPS) is 11.5. The molecule has 318 valence electrons. The lowest BCUT2D eigenvalue weighted by molar-refractivity contribution is 1.18. The fourth-order valence-corrected chi connectivity index (χ4v) is 10.7. The van der Waals surface area contributed by atoms with E-state index >= 15 is 0 Å². The van der Waals surface area contributed by atoms with Crippen LogP contribution in [0.4, 0.5) is 17.1 Å². The molecule has 1 aromatic heterocycles. The van der Waals surface area contributed by atoms with Gasteiger partial charge in [0.1, 0.15) is 0 Å². The van der Waals surface area contributed by atoms with Gasteiger partial charge in [-0.1, -0.05) is 206 Å². The third kappa shape index (κ3) is 6.65. The smallest absolute Gasteiger partial charge is 0.0619 e. The maximum atomic E-state index is 2.42. The van der Waals surface area contributed by atoms with Crippen LogP contribution in [0, 0.1) is 0 Å². The molecule has 0 atom stereocenters. The SMILES string of the molecule is c1ccc(-c2c(-c3ccccc3)c3cc(-c4cccc(N(c5ccc(-c6cccc7c8ccccc8n(-c8ccccc8)c67)cc5)c5ccc6ccccc6c5)c4)ccc3c3ccccc23)cc1. The van der Waals surface area contributed by atoms with E-state index in [2.05, 4.69) is 276 Å². The summed E-state index contributed by atoms with van der Waals surface area (Å²) in [4.78, 5) is 2.40. The van der Waals surface area contributed by atoms with Gasteiger partial charge in [0.15, 0.2) is 0 Å². The number of hydrogen-bond acceptors (Lipinski definition) is 1. The van der Waals surface area contributed by atoms with Crippen LogP contribution in [-0.2, 0) is 0 Å². The van der Waals surface area contributed by atoms with Crippen molar-refractivity contribution in [3.8, 4) is 50.2 Å². The summed E-state index contributed by atoms with van der Waals surface area (Å²) in [6, 6.07) is 97.5. The Kier molecular flexibility index (Phi) is 9.54. The molecule has 68 heavy (non-hydrogen) atoms. The molecule has 0 spiro atoms. The van der Waals surface area contributed by atoms with E-state index in [1.165, 1.54) is 93.1 Å². The molecular formula is C66H44N2. The summed E-state index contributed by atoms with van der Waals surface area (Å²) in [7, 11) is 0. The van der Waals surface area contributed by atoms with Crippen LogP contribution in [0.15, 0.2) is 267 Å².